The maximum atomic E-state index is 11.4. The Hall–Kier alpha value is -1.79. The fraction of sp³-hybridized carbons (Fsp3) is 0.182. The smallest absolute Gasteiger partial charge is 0.437 e. The second kappa shape index (κ2) is 5.07. The third kappa shape index (κ3) is 2.64. The zero-order valence-corrected chi connectivity index (χ0v) is 11.2. The maximum Gasteiger partial charge on any atom is 0.437 e. The van der Waals surface area contributed by atoms with Gasteiger partial charge >= 0.3 is 11.7 Å². The van der Waals surface area contributed by atoms with Crippen LogP contribution in [0.15, 0.2) is 21.3 Å². The SMILES string of the molecule is Cc1nn(Cc2c(Cl)ccc(C(=O)O)c2Cl)c(=O)o1. The molecule has 0 amide bonds. The molecule has 6 nitrogen and oxygen atoms in total. The number of aryl methyl sites for hydroxylation is 1. The van der Waals surface area contributed by atoms with E-state index in [4.69, 9.17) is 32.7 Å². The molecule has 0 spiro atoms. The highest BCUT2D eigenvalue weighted by molar-refractivity contribution is 6.37. The molecular formula is C11H8Cl2N2O4. The van der Waals surface area contributed by atoms with Crippen molar-refractivity contribution in [1.29, 1.82) is 0 Å². The first kappa shape index (κ1) is 13.6. The number of carbonyl (C=O) groups is 1. The van der Waals surface area contributed by atoms with E-state index in [1.807, 2.05) is 0 Å². The minimum atomic E-state index is -1.17. The van der Waals surface area contributed by atoms with Crippen LogP contribution in [0.3, 0.4) is 0 Å². The lowest BCUT2D eigenvalue weighted by Gasteiger charge is -2.08. The van der Waals surface area contributed by atoms with Gasteiger partial charge < -0.3 is 9.52 Å². The van der Waals surface area contributed by atoms with Gasteiger partial charge in [-0.1, -0.05) is 23.2 Å². The molecule has 1 aromatic heterocycles. The number of aromatic nitrogens is 2. The van der Waals surface area contributed by atoms with Crippen molar-refractivity contribution < 1.29 is 14.3 Å². The lowest BCUT2D eigenvalue weighted by Crippen LogP contribution is -2.17. The van der Waals surface area contributed by atoms with Crippen LogP contribution >= 0.6 is 23.2 Å². The fourth-order valence-electron chi connectivity index (χ4n) is 1.57. The molecule has 0 fully saturated rings. The van der Waals surface area contributed by atoms with Gasteiger partial charge in [0, 0.05) is 17.5 Å². The average Bonchev–Trinajstić information content (AvgIpc) is 2.62. The van der Waals surface area contributed by atoms with Crippen LogP contribution < -0.4 is 5.76 Å². The molecule has 0 aliphatic carbocycles. The van der Waals surface area contributed by atoms with Crippen molar-refractivity contribution >= 4 is 29.2 Å². The van der Waals surface area contributed by atoms with Gasteiger partial charge in [0.1, 0.15) is 0 Å². The molecule has 2 aromatic rings. The van der Waals surface area contributed by atoms with Crippen LogP contribution in [-0.2, 0) is 6.54 Å². The summed E-state index contributed by atoms with van der Waals surface area (Å²) >= 11 is 11.9. The van der Waals surface area contributed by atoms with Gasteiger partial charge in [-0.15, -0.1) is 5.10 Å². The van der Waals surface area contributed by atoms with E-state index in [1.54, 1.807) is 0 Å². The van der Waals surface area contributed by atoms with Crippen LogP contribution in [0, 0.1) is 6.92 Å². The molecule has 1 aromatic carbocycles. The predicted molar refractivity (Wildman–Crippen MR) is 68.0 cm³/mol. The predicted octanol–water partition coefficient (Wildman–Crippen LogP) is 2.20. The first-order chi connectivity index (χ1) is 8.90. The number of carboxylic acids is 1. The van der Waals surface area contributed by atoms with Crippen molar-refractivity contribution in [3.05, 3.63) is 49.7 Å². The van der Waals surface area contributed by atoms with E-state index in [1.165, 1.54) is 19.1 Å². The summed E-state index contributed by atoms with van der Waals surface area (Å²) in [5.74, 6) is -1.64. The highest BCUT2D eigenvalue weighted by Crippen LogP contribution is 2.28. The summed E-state index contributed by atoms with van der Waals surface area (Å²) in [4.78, 5) is 22.4. The fourth-order valence-corrected chi connectivity index (χ4v) is 2.14. The number of nitrogens with zero attached hydrogens (tertiary/aromatic N) is 2. The normalized spacial score (nSPS) is 10.7. The zero-order chi connectivity index (χ0) is 14.2. The van der Waals surface area contributed by atoms with E-state index in [9.17, 15) is 9.59 Å². The van der Waals surface area contributed by atoms with Crippen molar-refractivity contribution in [3.63, 3.8) is 0 Å². The first-order valence-electron chi connectivity index (χ1n) is 5.15. The lowest BCUT2D eigenvalue weighted by molar-refractivity contribution is 0.0697. The van der Waals surface area contributed by atoms with Crippen LogP contribution in [0.5, 0.6) is 0 Å². The Morgan fingerprint density at radius 2 is 2.16 bits per heavy atom. The average molecular weight is 303 g/mol. The second-order valence-electron chi connectivity index (χ2n) is 3.74. The Morgan fingerprint density at radius 3 is 2.68 bits per heavy atom. The van der Waals surface area contributed by atoms with Crippen LogP contribution in [0.4, 0.5) is 0 Å². The molecule has 0 aliphatic rings. The van der Waals surface area contributed by atoms with Gasteiger partial charge in [0.25, 0.3) is 0 Å². The van der Waals surface area contributed by atoms with Gasteiger partial charge in [-0.3, -0.25) is 0 Å². The number of hydrogen-bond donors (Lipinski definition) is 1. The molecule has 2 rings (SSSR count). The van der Waals surface area contributed by atoms with E-state index in [-0.39, 0.29) is 28.0 Å². The van der Waals surface area contributed by atoms with E-state index in [0.29, 0.717) is 5.56 Å². The maximum absolute atomic E-state index is 11.4. The minimum absolute atomic E-state index is 0.0208. The summed E-state index contributed by atoms with van der Waals surface area (Å²) in [6.45, 7) is 1.46. The van der Waals surface area contributed by atoms with Gasteiger partial charge in [-0.25, -0.2) is 9.59 Å². The van der Waals surface area contributed by atoms with Crippen molar-refractivity contribution in [2.45, 2.75) is 13.5 Å². The third-order valence-corrected chi connectivity index (χ3v) is 3.22. The lowest BCUT2D eigenvalue weighted by atomic mass is 10.1. The molecule has 19 heavy (non-hydrogen) atoms. The Balaban J connectivity index is 2.51. The van der Waals surface area contributed by atoms with Crippen LogP contribution in [0.1, 0.15) is 21.8 Å². The van der Waals surface area contributed by atoms with Crippen molar-refractivity contribution in [1.82, 2.24) is 9.78 Å². The number of hydrogen-bond acceptors (Lipinski definition) is 4. The topological polar surface area (TPSA) is 85.3 Å². The summed E-state index contributed by atoms with van der Waals surface area (Å²) in [7, 11) is 0. The Labute approximate surface area is 117 Å². The standard InChI is InChI=1S/C11H8Cl2N2O4/c1-5-14-15(11(18)19-5)4-7-8(12)3-2-6(9(7)13)10(16)17/h2-3H,4H2,1H3,(H,16,17). The third-order valence-electron chi connectivity index (χ3n) is 2.43. The van der Waals surface area contributed by atoms with Gasteiger partial charge in [0.15, 0.2) is 0 Å². The summed E-state index contributed by atoms with van der Waals surface area (Å²) in [6, 6.07) is 2.71. The number of halogens is 2. The molecule has 0 unspecified atom stereocenters. The van der Waals surface area contributed by atoms with E-state index in [0.717, 1.165) is 4.68 Å². The molecular weight excluding hydrogens is 295 g/mol. The van der Waals surface area contributed by atoms with E-state index < -0.39 is 11.7 Å². The molecule has 8 heteroatoms. The van der Waals surface area contributed by atoms with E-state index in [2.05, 4.69) is 5.10 Å². The van der Waals surface area contributed by atoms with Crippen molar-refractivity contribution in [2.24, 2.45) is 0 Å². The first-order valence-corrected chi connectivity index (χ1v) is 5.90. The molecule has 0 radical (unpaired) electrons. The zero-order valence-electron chi connectivity index (χ0n) is 9.68. The highest BCUT2D eigenvalue weighted by Gasteiger charge is 2.17. The Morgan fingerprint density at radius 1 is 1.47 bits per heavy atom. The number of aromatic carboxylic acids is 1. The molecule has 100 valence electrons. The molecule has 0 saturated heterocycles. The largest absolute Gasteiger partial charge is 0.478 e. The molecule has 0 aliphatic heterocycles. The number of benzene rings is 1. The van der Waals surface area contributed by atoms with E-state index >= 15 is 0 Å². The molecule has 1 heterocycles. The van der Waals surface area contributed by atoms with Crippen LogP contribution in [-0.4, -0.2) is 20.9 Å². The van der Waals surface area contributed by atoms with Crippen molar-refractivity contribution in [2.75, 3.05) is 0 Å². The molecule has 0 atom stereocenters. The molecule has 0 bridgehead atoms. The summed E-state index contributed by atoms with van der Waals surface area (Å²) in [5, 5.41) is 13.0. The number of rotatable bonds is 3. The van der Waals surface area contributed by atoms with Crippen molar-refractivity contribution in [3.8, 4) is 0 Å². The number of carboxylic acid groups (broad SMARTS) is 1. The van der Waals surface area contributed by atoms with Gasteiger partial charge in [0.2, 0.25) is 5.89 Å². The second-order valence-corrected chi connectivity index (χ2v) is 4.52. The summed E-state index contributed by atoms with van der Waals surface area (Å²) in [5.41, 5.74) is 0.216. The Kier molecular flexibility index (Phi) is 3.64. The van der Waals surface area contributed by atoms with Gasteiger partial charge in [-0.05, 0) is 12.1 Å². The monoisotopic (exact) mass is 302 g/mol. The quantitative estimate of drug-likeness (QED) is 0.939. The van der Waals surface area contributed by atoms with Gasteiger partial charge in [-0.2, -0.15) is 4.68 Å². The summed E-state index contributed by atoms with van der Waals surface area (Å²) in [6.07, 6.45) is 0. The molecule has 1 N–H and O–H groups in total. The summed E-state index contributed by atoms with van der Waals surface area (Å²) < 4.78 is 5.76. The van der Waals surface area contributed by atoms with Crippen LogP contribution in [0.25, 0.3) is 0 Å². The van der Waals surface area contributed by atoms with Gasteiger partial charge in [0.05, 0.1) is 17.1 Å². The highest BCUT2D eigenvalue weighted by atomic mass is 35.5. The van der Waals surface area contributed by atoms with Crippen LogP contribution in [0.2, 0.25) is 10.0 Å². The Bertz CT molecular complexity index is 705. The minimum Gasteiger partial charge on any atom is -0.478 e. The molecule has 0 saturated carbocycles.